The minimum Gasteiger partial charge on any atom is -0.294 e. The van der Waals surface area contributed by atoms with Gasteiger partial charge in [-0.1, -0.05) is 0 Å². The highest BCUT2D eigenvalue weighted by atomic mass is 16.1. The molecule has 0 spiro atoms. The number of aromatic nitrogens is 4. The van der Waals surface area contributed by atoms with E-state index >= 15 is 0 Å². The van der Waals surface area contributed by atoms with Crippen LogP contribution in [0.3, 0.4) is 0 Å². The van der Waals surface area contributed by atoms with Crippen LogP contribution in [0, 0.1) is 6.92 Å². The second-order valence-corrected chi connectivity index (χ2v) is 3.54. The van der Waals surface area contributed by atoms with Crippen molar-refractivity contribution >= 4 is 5.78 Å². The summed E-state index contributed by atoms with van der Waals surface area (Å²) >= 11 is 0. The molecule has 0 aliphatic rings. The number of pyridine rings is 1. The van der Waals surface area contributed by atoms with Crippen molar-refractivity contribution in [1.29, 1.82) is 0 Å². The van der Waals surface area contributed by atoms with Crippen LogP contribution in [0.5, 0.6) is 0 Å². The highest BCUT2D eigenvalue weighted by Crippen LogP contribution is 2.07. The highest BCUT2D eigenvalue weighted by molar-refractivity contribution is 5.97. The van der Waals surface area contributed by atoms with Crippen LogP contribution in [-0.2, 0) is 13.5 Å². The van der Waals surface area contributed by atoms with Crippen LogP contribution in [0.4, 0.5) is 0 Å². The standard InChI is InChI=1S/C11H12N4O/c1-8-9(4-3-5-12-8)10(16)6-11-13-7-14-15(11)2/h3-5,7H,6H2,1-2H3. The van der Waals surface area contributed by atoms with Crippen molar-refractivity contribution < 1.29 is 4.79 Å². The Morgan fingerprint density at radius 1 is 1.44 bits per heavy atom. The Kier molecular flexibility index (Phi) is 2.76. The van der Waals surface area contributed by atoms with Crippen LogP contribution in [-0.4, -0.2) is 25.5 Å². The monoisotopic (exact) mass is 216 g/mol. The average Bonchev–Trinajstić information content (AvgIpc) is 2.65. The molecule has 2 rings (SSSR count). The molecule has 2 heterocycles. The lowest BCUT2D eigenvalue weighted by atomic mass is 10.1. The minimum atomic E-state index is 0.0155. The van der Waals surface area contributed by atoms with Gasteiger partial charge in [-0.15, -0.1) is 0 Å². The lowest BCUT2D eigenvalue weighted by Crippen LogP contribution is -2.10. The maximum Gasteiger partial charge on any atom is 0.172 e. The largest absolute Gasteiger partial charge is 0.294 e. The molecule has 0 saturated heterocycles. The molecule has 0 amide bonds. The van der Waals surface area contributed by atoms with Gasteiger partial charge in [-0.3, -0.25) is 14.5 Å². The molecule has 0 fully saturated rings. The van der Waals surface area contributed by atoms with Gasteiger partial charge in [-0.05, 0) is 19.1 Å². The summed E-state index contributed by atoms with van der Waals surface area (Å²) in [7, 11) is 1.77. The summed E-state index contributed by atoms with van der Waals surface area (Å²) in [6.45, 7) is 1.82. The van der Waals surface area contributed by atoms with Crippen LogP contribution < -0.4 is 0 Å². The van der Waals surface area contributed by atoms with Gasteiger partial charge in [0.05, 0.1) is 6.42 Å². The molecule has 5 heteroatoms. The van der Waals surface area contributed by atoms with Crippen molar-refractivity contribution in [3.8, 4) is 0 Å². The van der Waals surface area contributed by atoms with E-state index in [2.05, 4.69) is 15.1 Å². The topological polar surface area (TPSA) is 60.7 Å². The van der Waals surface area contributed by atoms with Crippen molar-refractivity contribution in [3.63, 3.8) is 0 Å². The maximum absolute atomic E-state index is 12.0. The van der Waals surface area contributed by atoms with Gasteiger partial charge >= 0.3 is 0 Å². The van der Waals surface area contributed by atoms with E-state index in [1.165, 1.54) is 6.33 Å². The molecule has 82 valence electrons. The first-order valence-corrected chi connectivity index (χ1v) is 4.96. The van der Waals surface area contributed by atoms with E-state index < -0.39 is 0 Å². The van der Waals surface area contributed by atoms with Crippen molar-refractivity contribution in [2.24, 2.45) is 7.05 Å². The van der Waals surface area contributed by atoms with E-state index in [4.69, 9.17) is 0 Å². The van der Waals surface area contributed by atoms with Crippen LogP contribution in [0.15, 0.2) is 24.7 Å². The molecule has 0 saturated carbocycles. The first-order valence-electron chi connectivity index (χ1n) is 4.96. The van der Waals surface area contributed by atoms with Gasteiger partial charge in [0.15, 0.2) is 5.78 Å². The Morgan fingerprint density at radius 2 is 2.25 bits per heavy atom. The molecule has 0 atom stereocenters. The molecule has 0 bridgehead atoms. The number of Topliss-reactive ketones (excluding diaryl/α,β-unsaturated/α-hetero) is 1. The summed E-state index contributed by atoms with van der Waals surface area (Å²) in [6, 6.07) is 3.54. The maximum atomic E-state index is 12.0. The minimum absolute atomic E-state index is 0.0155. The summed E-state index contributed by atoms with van der Waals surface area (Å²) < 4.78 is 1.60. The van der Waals surface area contributed by atoms with Gasteiger partial charge in [-0.2, -0.15) is 5.10 Å². The summed E-state index contributed by atoms with van der Waals surface area (Å²) in [5.41, 5.74) is 1.39. The first kappa shape index (κ1) is 10.5. The molecule has 2 aromatic heterocycles. The fourth-order valence-electron chi connectivity index (χ4n) is 1.50. The molecule has 0 aliphatic heterocycles. The summed E-state index contributed by atoms with van der Waals surface area (Å²) in [5, 5.41) is 3.92. The third kappa shape index (κ3) is 1.98. The molecule has 0 radical (unpaired) electrons. The molecular formula is C11H12N4O. The number of ketones is 1. The van der Waals surface area contributed by atoms with Gasteiger partial charge in [-0.25, -0.2) is 4.98 Å². The SMILES string of the molecule is Cc1ncccc1C(=O)Cc1ncnn1C. The average molecular weight is 216 g/mol. The summed E-state index contributed by atoms with van der Waals surface area (Å²) in [5.74, 6) is 0.676. The van der Waals surface area contributed by atoms with Crippen molar-refractivity contribution in [2.45, 2.75) is 13.3 Å². The Morgan fingerprint density at radius 3 is 2.88 bits per heavy atom. The van der Waals surface area contributed by atoms with Gasteiger partial charge in [0.25, 0.3) is 0 Å². The number of nitrogens with zero attached hydrogens (tertiary/aromatic N) is 4. The highest BCUT2D eigenvalue weighted by Gasteiger charge is 2.12. The lowest BCUT2D eigenvalue weighted by molar-refractivity contribution is 0.0988. The zero-order valence-corrected chi connectivity index (χ0v) is 9.21. The smallest absolute Gasteiger partial charge is 0.172 e. The summed E-state index contributed by atoms with van der Waals surface area (Å²) in [6.07, 6.45) is 3.37. The third-order valence-corrected chi connectivity index (χ3v) is 2.43. The predicted octanol–water partition coefficient (Wildman–Crippen LogP) is 0.944. The van der Waals surface area contributed by atoms with E-state index in [0.717, 1.165) is 5.69 Å². The molecule has 0 aliphatic carbocycles. The molecule has 0 unspecified atom stereocenters. The van der Waals surface area contributed by atoms with Crippen molar-refractivity contribution in [2.75, 3.05) is 0 Å². The Bertz CT molecular complexity index is 518. The molecule has 0 N–H and O–H groups in total. The Labute approximate surface area is 93.2 Å². The number of aryl methyl sites for hydroxylation is 2. The van der Waals surface area contributed by atoms with Crippen molar-refractivity contribution in [3.05, 3.63) is 41.7 Å². The van der Waals surface area contributed by atoms with E-state index in [-0.39, 0.29) is 12.2 Å². The Balaban J connectivity index is 2.22. The third-order valence-electron chi connectivity index (χ3n) is 2.43. The lowest BCUT2D eigenvalue weighted by Gasteiger charge is -2.03. The zero-order valence-electron chi connectivity index (χ0n) is 9.21. The van der Waals surface area contributed by atoms with Crippen LogP contribution >= 0.6 is 0 Å². The van der Waals surface area contributed by atoms with E-state index in [9.17, 15) is 4.79 Å². The first-order chi connectivity index (χ1) is 7.68. The second-order valence-electron chi connectivity index (χ2n) is 3.54. The van der Waals surface area contributed by atoms with Gasteiger partial charge in [0, 0.05) is 24.5 Å². The predicted molar refractivity (Wildman–Crippen MR) is 58.0 cm³/mol. The van der Waals surface area contributed by atoms with Crippen molar-refractivity contribution in [1.82, 2.24) is 19.7 Å². The Hall–Kier alpha value is -2.04. The normalized spacial score (nSPS) is 10.4. The van der Waals surface area contributed by atoms with Crippen LogP contribution in [0.25, 0.3) is 0 Å². The van der Waals surface area contributed by atoms with E-state index in [1.54, 1.807) is 30.1 Å². The fourth-order valence-corrected chi connectivity index (χ4v) is 1.50. The van der Waals surface area contributed by atoms with Gasteiger partial charge < -0.3 is 0 Å². The molecule has 0 aromatic carbocycles. The van der Waals surface area contributed by atoms with Crippen LogP contribution in [0.2, 0.25) is 0 Å². The number of carbonyl (C=O) groups is 1. The number of carbonyl (C=O) groups excluding carboxylic acids is 1. The summed E-state index contributed by atoms with van der Waals surface area (Å²) in [4.78, 5) is 20.1. The molecular weight excluding hydrogens is 204 g/mol. The zero-order chi connectivity index (χ0) is 11.5. The van der Waals surface area contributed by atoms with Gasteiger partial charge in [0.1, 0.15) is 12.2 Å². The van der Waals surface area contributed by atoms with E-state index in [0.29, 0.717) is 11.4 Å². The fraction of sp³-hybridized carbons (Fsp3) is 0.273. The molecule has 2 aromatic rings. The van der Waals surface area contributed by atoms with Gasteiger partial charge in [0.2, 0.25) is 0 Å². The number of rotatable bonds is 3. The van der Waals surface area contributed by atoms with E-state index in [1.807, 2.05) is 6.92 Å². The molecule has 5 nitrogen and oxygen atoms in total. The second kappa shape index (κ2) is 4.22. The number of hydrogen-bond donors (Lipinski definition) is 0. The quantitative estimate of drug-likeness (QED) is 0.716. The molecule has 16 heavy (non-hydrogen) atoms. The van der Waals surface area contributed by atoms with Crippen LogP contribution in [0.1, 0.15) is 21.9 Å². The number of hydrogen-bond acceptors (Lipinski definition) is 4.